The highest BCUT2D eigenvalue weighted by molar-refractivity contribution is 7.90. The maximum atomic E-state index is 11.6. The molecular formula is C11H10N2O4S. The lowest BCUT2D eigenvalue weighted by Crippen LogP contribution is -1.98. The number of sulfone groups is 1. The molecule has 18 heavy (non-hydrogen) atoms. The Balaban J connectivity index is 2.60. The number of rotatable bonds is 3. The predicted molar refractivity (Wildman–Crippen MR) is 66.0 cm³/mol. The van der Waals surface area contributed by atoms with Gasteiger partial charge in [0.1, 0.15) is 0 Å². The molecule has 0 amide bonds. The van der Waals surface area contributed by atoms with Crippen LogP contribution in [0.3, 0.4) is 0 Å². The summed E-state index contributed by atoms with van der Waals surface area (Å²) in [6.45, 7) is 0. The van der Waals surface area contributed by atoms with Gasteiger partial charge >= 0.3 is 0 Å². The second-order valence-corrected chi connectivity index (χ2v) is 5.78. The Kier molecular flexibility index (Phi) is 2.92. The van der Waals surface area contributed by atoms with Crippen molar-refractivity contribution in [1.82, 2.24) is 4.98 Å². The maximum absolute atomic E-state index is 11.6. The summed E-state index contributed by atoms with van der Waals surface area (Å²) in [6, 6.07) is 7.25. The molecule has 1 aromatic carbocycles. The lowest BCUT2D eigenvalue weighted by Gasteiger charge is -2.02. The summed E-state index contributed by atoms with van der Waals surface area (Å²) in [7, 11) is -3.37. The minimum atomic E-state index is -3.37. The number of hydrogen-bond acceptors (Lipinski definition) is 4. The lowest BCUT2D eigenvalue weighted by molar-refractivity contribution is -0.384. The van der Waals surface area contributed by atoms with E-state index in [9.17, 15) is 18.5 Å². The number of hydrogen-bond donors (Lipinski definition) is 1. The highest BCUT2D eigenvalue weighted by atomic mass is 32.2. The molecule has 0 unspecified atom stereocenters. The average molecular weight is 266 g/mol. The zero-order valence-electron chi connectivity index (χ0n) is 9.45. The first-order valence-corrected chi connectivity index (χ1v) is 6.91. The molecule has 0 aliphatic carbocycles. The van der Waals surface area contributed by atoms with Gasteiger partial charge in [-0.1, -0.05) is 12.1 Å². The van der Waals surface area contributed by atoms with Crippen LogP contribution in [0.5, 0.6) is 0 Å². The molecule has 0 radical (unpaired) electrons. The second-order valence-electron chi connectivity index (χ2n) is 3.80. The first-order valence-electron chi connectivity index (χ1n) is 5.02. The summed E-state index contributed by atoms with van der Waals surface area (Å²) in [6.07, 6.45) is 2.58. The van der Waals surface area contributed by atoms with E-state index in [1.165, 1.54) is 30.5 Å². The van der Waals surface area contributed by atoms with Crippen LogP contribution in [0, 0.1) is 10.1 Å². The Bertz CT molecular complexity index is 703. The molecule has 0 bridgehead atoms. The highest BCUT2D eigenvalue weighted by Crippen LogP contribution is 2.28. The number of H-pyrrole nitrogens is 1. The summed E-state index contributed by atoms with van der Waals surface area (Å²) in [5, 5.41) is 10.7. The quantitative estimate of drug-likeness (QED) is 0.679. The fourth-order valence-electron chi connectivity index (χ4n) is 1.66. The van der Waals surface area contributed by atoms with Crippen molar-refractivity contribution in [3.05, 3.63) is 46.6 Å². The molecule has 7 heteroatoms. The number of aromatic nitrogens is 1. The van der Waals surface area contributed by atoms with Gasteiger partial charge < -0.3 is 4.98 Å². The van der Waals surface area contributed by atoms with E-state index in [-0.39, 0.29) is 10.6 Å². The van der Waals surface area contributed by atoms with E-state index >= 15 is 0 Å². The van der Waals surface area contributed by atoms with Gasteiger partial charge in [0.25, 0.3) is 5.69 Å². The minimum Gasteiger partial charge on any atom is -0.360 e. The Morgan fingerprint density at radius 1 is 1.28 bits per heavy atom. The number of nitro groups is 1. The molecule has 94 valence electrons. The molecule has 0 saturated carbocycles. The zero-order valence-corrected chi connectivity index (χ0v) is 10.3. The van der Waals surface area contributed by atoms with Crippen molar-refractivity contribution in [3.63, 3.8) is 0 Å². The predicted octanol–water partition coefficient (Wildman–Crippen LogP) is 1.99. The van der Waals surface area contributed by atoms with Crippen molar-refractivity contribution in [1.29, 1.82) is 0 Å². The van der Waals surface area contributed by atoms with Crippen LogP contribution in [-0.4, -0.2) is 24.6 Å². The zero-order chi connectivity index (χ0) is 13.3. The summed E-state index contributed by atoms with van der Waals surface area (Å²) < 4.78 is 23.1. The third kappa shape index (κ3) is 2.25. The van der Waals surface area contributed by atoms with Gasteiger partial charge in [0, 0.05) is 30.1 Å². The monoisotopic (exact) mass is 266 g/mol. The van der Waals surface area contributed by atoms with E-state index < -0.39 is 14.8 Å². The van der Waals surface area contributed by atoms with E-state index in [0.717, 1.165) is 6.26 Å². The summed E-state index contributed by atoms with van der Waals surface area (Å²) in [5.41, 5.74) is 0.748. The molecule has 0 aliphatic rings. The largest absolute Gasteiger partial charge is 0.360 e. The second kappa shape index (κ2) is 4.26. The van der Waals surface area contributed by atoms with E-state index in [1.54, 1.807) is 6.07 Å². The van der Waals surface area contributed by atoms with Gasteiger partial charge in [0.05, 0.1) is 15.5 Å². The third-order valence-corrected chi connectivity index (χ3v) is 3.59. The summed E-state index contributed by atoms with van der Waals surface area (Å²) >= 11 is 0. The molecular weight excluding hydrogens is 256 g/mol. The first-order chi connectivity index (χ1) is 8.39. The number of nitrogens with one attached hydrogen (secondary N) is 1. The van der Waals surface area contributed by atoms with Gasteiger partial charge in [-0.05, 0) is 6.07 Å². The molecule has 0 atom stereocenters. The fraction of sp³-hybridized carbons (Fsp3) is 0.0909. The van der Waals surface area contributed by atoms with Gasteiger partial charge in [0.15, 0.2) is 9.84 Å². The molecule has 1 N–H and O–H groups in total. The summed E-state index contributed by atoms with van der Waals surface area (Å²) in [4.78, 5) is 13.1. The van der Waals surface area contributed by atoms with Gasteiger partial charge in [-0.3, -0.25) is 10.1 Å². The Morgan fingerprint density at radius 3 is 2.61 bits per heavy atom. The molecule has 0 fully saturated rings. The molecule has 0 aliphatic heterocycles. The Hall–Kier alpha value is -2.15. The van der Waals surface area contributed by atoms with Crippen LogP contribution in [0.15, 0.2) is 41.4 Å². The average Bonchev–Trinajstić information content (AvgIpc) is 2.77. The van der Waals surface area contributed by atoms with E-state index in [1.807, 2.05) is 0 Å². The van der Waals surface area contributed by atoms with Crippen LogP contribution in [0.1, 0.15) is 0 Å². The SMILES string of the molecule is CS(=O)(=O)c1cc[nH]c1-c1cccc([N+](=O)[O-])c1. The topological polar surface area (TPSA) is 93.1 Å². The van der Waals surface area contributed by atoms with Crippen LogP contribution in [-0.2, 0) is 9.84 Å². The Labute approximate surface area is 103 Å². The number of nitrogens with zero attached hydrogens (tertiary/aromatic N) is 1. The number of nitro benzene ring substituents is 1. The van der Waals surface area contributed by atoms with Crippen molar-refractivity contribution < 1.29 is 13.3 Å². The van der Waals surface area contributed by atoms with Crippen molar-refractivity contribution in [2.45, 2.75) is 4.90 Å². The van der Waals surface area contributed by atoms with Crippen LogP contribution < -0.4 is 0 Å². The van der Waals surface area contributed by atoms with Crippen molar-refractivity contribution >= 4 is 15.5 Å². The normalized spacial score (nSPS) is 11.4. The van der Waals surface area contributed by atoms with Gasteiger partial charge in [-0.2, -0.15) is 0 Å². The van der Waals surface area contributed by atoms with Crippen molar-refractivity contribution in [2.75, 3.05) is 6.26 Å². The molecule has 6 nitrogen and oxygen atoms in total. The van der Waals surface area contributed by atoms with E-state index in [2.05, 4.69) is 4.98 Å². The smallest absolute Gasteiger partial charge is 0.270 e. The van der Waals surface area contributed by atoms with Crippen LogP contribution in [0.4, 0.5) is 5.69 Å². The number of non-ortho nitro benzene ring substituents is 1. The molecule has 2 aromatic rings. The van der Waals surface area contributed by atoms with E-state index in [0.29, 0.717) is 11.3 Å². The summed E-state index contributed by atoms with van der Waals surface area (Å²) in [5.74, 6) is 0. The molecule has 0 spiro atoms. The van der Waals surface area contributed by atoms with Gasteiger partial charge in [-0.25, -0.2) is 8.42 Å². The molecule has 0 saturated heterocycles. The first kappa shape index (κ1) is 12.3. The van der Waals surface area contributed by atoms with Crippen molar-refractivity contribution in [3.8, 4) is 11.3 Å². The standard InChI is InChI=1S/C11H10N2O4S/c1-18(16,17)10-5-6-12-11(10)8-3-2-4-9(7-8)13(14)15/h2-7,12H,1H3. The molecule has 2 rings (SSSR count). The maximum Gasteiger partial charge on any atom is 0.270 e. The lowest BCUT2D eigenvalue weighted by atomic mass is 10.1. The third-order valence-electron chi connectivity index (χ3n) is 2.45. The molecule has 1 aromatic heterocycles. The van der Waals surface area contributed by atoms with Gasteiger partial charge in [0.2, 0.25) is 0 Å². The van der Waals surface area contributed by atoms with Crippen LogP contribution in [0.2, 0.25) is 0 Å². The minimum absolute atomic E-state index is 0.0819. The van der Waals surface area contributed by atoms with Crippen molar-refractivity contribution in [2.24, 2.45) is 0 Å². The Morgan fingerprint density at radius 2 is 2.00 bits per heavy atom. The highest BCUT2D eigenvalue weighted by Gasteiger charge is 2.17. The van der Waals surface area contributed by atoms with Crippen LogP contribution >= 0.6 is 0 Å². The van der Waals surface area contributed by atoms with Crippen LogP contribution in [0.25, 0.3) is 11.3 Å². The number of aromatic amines is 1. The molecule has 1 heterocycles. The van der Waals surface area contributed by atoms with Gasteiger partial charge in [-0.15, -0.1) is 0 Å². The van der Waals surface area contributed by atoms with E-state index in [4.69, 9.17) is 0 Å². The fourth-order valence-corrected chi connectivity index (χ4v) is 2.53. The number of benzene rings is 1.